The lowest BCUT2D eigenvalue weighted by molar-refractivity contribution is -0.119. The van der Waals surface area contributed by atoms with Gasteiger partial charge in [0, 0.05) is 11.6 Å². The molecule has 8 heteroatoms. The van der Waals surface area contributed by atoms with Crippen molar-refractivity contribution < 1.29 is 9.18 Å². The second-order valence-corrected chi connectivity index (χ2v) is 7.66. The average Bonchev–Trinajstić information content (AvgIpc) is 3.11. The molecule has 2 heterocycles. The van der Waals surface area contributed by atoms with Crippen LogP contribution >= 0.6 is 11.8 Å². The molecule has 0 unspecified atom stereocenters. The van der Waals surface area contributed by atoms with Gasteiger partial charge in [0.25, 0.3) is 0 Å². The largest absolute Gasteiger partial charge is 0.353 e. The standard InChI is InChI=1S/C19H20FN5OS/c20-14-8-6-13(7-9-14)19-23-22-16-10-11-18(24-25(16)19)27-12-17(26)21-15-4-2-1-3-5-15/h6-11,15H,1-5,12H2,(H,21,26). The molecule has 0 bridgehead atoms. The van der Waals surface area contributed by atoms with E-state index >= 15 is 0 Å². The van der Waals surface area contributed by atoms with Crippen LogP contribution in [0.15, 0.2) is 41.4 Å². The van der Waals surface area contributed by atoms with E-state index in [9.17, 15) is 9.18 Å². The molecule has 1 aliphatic rings. The van der Waals surface area contributed by atoms with E-state index in [1.165, 1.54) is 43.2 Å². The van der Waals surface area contributed by atoms with Crippen LogP contribution in [0, 0.1) is 5.82 Å². The van der Waals surface area contributed by atoms with Crippen molar-refractivity contribution in [3.8, 4) is 11.4 Å². The maximum absolute atomic E-state index is 13.2. The Kier molecular flexibility index (Phi) is 5.33. The fraction of sp³-hybridized carbons (Fsp3) is 0.368. The topological polar surface area (TPSA) is 72.2 Å². The number of rotatable bonds is 5. The van der Waals surface area contributed by atoms with E-state index in [1.807, 2.05) is 12.1 Å². The van der Waals surface area contributed by atoms with Gasteiger partial charge in [-0.3, -0.25) is 4.79 Å². The third kappa shape index (κ3) is 4.27. The molecule has 27 heavy (non-hydrogen) atoms. The maximum Gasteiger partial charge on any atom is 0.230 e. The summed E-state index contributed by atoms with van der Waals surface area (Å²) in [6.07, 6.45) is 5.79. The molecule has 3 aromatic rings. The molecule has 1 N–H and O–H groups in total. The molecule has 1 saturated carbocycles. The minimum Gasteiger partial charge on any atom is -0.353 e. The Labute approximate surface area is 160 Å². The Balaban J connectivity index is 1.45. The van der Waals surface area contributed by atoms with Gasteiger partial charge in [0.15, 0.2) is 11.5 Å². The summed E-state index contributed by atoms with van der Waals surface area (Å²) in [5.41, 5.74) is 1.33. The molecule has 1 aliphatic carbocycles. The molecule has 0 spiro atoms. The van der Waals surface area contributed by atoms with E-state index < -0.39 is 0 Å². The quantitative estimate of drug-likeness (QED) is 0.681. The number of nitrogens with zero attached hydrogens (tertiary/aromatic N) is 4. The molecule has 2 aromatic heterocycles. The van der Waals surface area contributed by atoms with Gasteiger partial charge in [-0.15, -0.1) is 10.2 Å². The summed E-state index contributed by atoms with van der Waals surface area (Å²) in [5.74, 6) is 0.597. The lowest BCUT2D eigenvalue weighted by Crippen LogP contribution is -2.37. The minimum absolute atomic E-state index is 0.0383. The van der Waals surface area contributed by atoms with Crippen molar-refractivity contribution in [1.29, 1.82) is 0 Å². The van der Waals surface area contributed by atoms with Crippen molar-refractivity contribution >= 4 is 23.3 Å². The second kappa shape index (κ2) is 8.04. The van der Waals surface area contributed by atoms with Crippen LogP contribution in [0.3, 0.4) is 0 Å². The van der Waals surface area contributed by atoms with Gasteiger partial charge in [-0.05, 0) is 49.2 Å². The number of nitrogens with one attached hydrogen (secondary N) is 1. The van der Waals surface area contributed by atoms with E-state index in [0.717, 1.165) is 18.4 Å². The van der Waals surface area contributed by atoms with Gasteiger partial charge in [-0.25, -0.2) is 4.39 Å². The van der Waals surface area contributed by atoms with Crippen molar-refractivity contribution in [2.75, 3.05) is 5.75 Å². The van der Waals surface area contributed by atoms with Crippen molar-refractivity contribution in [1.82, 2.24) is 25.1 Å². The Hall–Kier alpha value is -2.48. The lowest BCUT2D eigenvalue weighted by Gasteiger charge is -2.22. The van der Waals surface area contributed by atoms with Gasteiger partial charge < -0.3 is 5.32 Å². The number of halogens is 1. The monoisotopic (exact) mass is 385 g/mol. The highest BCUT2D eigenvalue weighted by atomic mass is 32.2. The van der Waals surface area contributed by atoms with E-state index in [1.54, 1.807) is 16.6 Å². The fourth-order valence-electron chi connectivity index (χ4n) is 3.28. The first-order valence-corrected chi connectivity index (χ1v) is 10.1. The van der Waals surface area contributed by atoms with Crippen LogP contribution in [0.4, 0.5) is 4.39 Å². The number of benzene rings is 1. The van der Waals surface area contributed by atoms with Gasteiger partial charge in [0.1, 0.15) is 10.8 Å². The summed E-state index contributed by atoms with van der Waals surface area (Å²) in [5, 5.41) is 16.6. The number of carbonyl (C=O) groups excluding carboxylic acids is 1. The van der Waals surface area contributed by atoms with Crippen molar-refractivity contribution in [3.63, 3.8) is 0 Å². The minimum atomic E-state index is -0.305. The number of hydrogen-bond donors (Lipinski definition) is 1. The van der Waals surface area contributed by atoms with Gasteiger partial charge in [0.2, 0.25) is 5.91 Å². The molecular weight excluding hydrogens is 365 g/mol. The normalized spacial score (nSPS) is 15.1. The molecule has 0 aliphatic heterocycles. The number of amides is 1. The van der Waals surface area contributed by atoms with Gasteiger partial charge in [0.05, 0.1) is 5.75 Å². The summed E-state index contributed by atoms with van der Waals surface area (Å²) >= 11 is 1.38. The Morgan fingerprint density at radius 2 is 1.89 bits per heavy atom. The molecule has 1 amide bonds. The summed E-state index contributed by atoms with van der Waals surface area (Å²) in [7, 11) is 0. The van der Waals surface area contributed by atoms with E-state index in [2.05, 4.69) is 20.6 Å². The molecule has 1 fully saturated rings. The second-order valence-electron chi connectivity index (χ2n) is 6.66. The van der Waals surface area contributed by atoms with Crippen LogP contribution < -0.4 is 5.32 Å². The zero-order valence-corrected chi connectivity index (χ0v) is 15.6. The molecule has 0 atom stereocenters. The Bertz CT molecular complexity index is 937. The first-order chi connectivity index (χ1) is 13.2. The number of aromatic nitrogens is 4. The summed E-state index contributed by atoms with van der Waals surface area (Å²) in [6.45, 7) is 0. The highest BCUT2D eigenvalue weighted by Crippen LogP contribution is 2.21. The zero-order valence-electron chi connectivity index (χ0n) is 14.8. The molecule has 0 saturated heterocycles. The lowest BCUT2D eigenvalue weighted by atomic mass is 9.95. The number of carbonyl (C=O) groups is 1. The number of hydrogen-bond acceptors (Lipinski definition) is 5. The third-order valence-corrected chi connectivity index (χ3v) is 5.58. The first kappa shape index (κ1) is 17.9. The predicted molar refractivity (Wildman–Crippen MR) is 102 cm³/mol. The van der Waals surface area contributed by atoms with E-state index in [0.29, 0.717) is 28.3 Å². The first-order valence-electron chi connectivity index (χ1n) is 9.09. The molecule has 0 radical (unpaired) electrons. The number of thioether (sulfide) groups is 1. The van der Waals surface area contributed by atoms with Crippen molar-refractivity contribution in [2.24, 2.45) is 0 Å². The molecule has 6 nitrogen and oxygen atoms in total. The van der Waals surface area contributed by atoms with Gasteiger partial charge >= 0.3 is 0 Å². The summed E-state index contributed by atoms with van der Waals surface area (Å²) < 4.78 is 14.8. The SMILES string of the molecule is O=C(CSc1ccc2nnc(-c3ccc(F)cc3)n2n1)NC1CCCCC1. The number of fused-ring (bicyclic) bond motifs is 1. The zero-order chi connectivity index (χ0) is 18.6. The molecule has 1 aromatic carbocycles. The van der Waals surface area contributed by atoms with Crippen LogP contribution in [-0.4, -0.2) is 37.5 Å². The van der Waals surface area contributed by atoms with Gasteiger partial charge in [-0.2, -0.15) is 9.61 Å². The highest BCUT2D eigenvalue weighted by molar-refractivity contribution is 7.99. The molecule has 4 rings (SSSR count). The van der Waals surface area contributed by atoms with E-state index in [-0.39, 0.29) is 11.7 Å². The average molecular weight is 385 g/mol. The molecular formula is C19H20FN5OS. The van der Waals surface area contributed by atoms with Crippen LogP contribution in [0.5, 0.6) is 0 Å². The smallest absolute Gasteiger partial charge is 0.230 e. The third-order valence-electron chi connectivity index (χ3n) is 4.66. The van der Waals surface area contributed by atoms with Gasteiger partial charge in [-0.1, -0.05) is 31.0 Å². The van der Waals surface area contributed by atoms with E-state index in [4.69, 9.17) is 0 Å². The maximum atomic E-state index is 13.2. The predicted octanol–water partition coefficient (Wildman–Crippen LogP) is 3.47. The van der Waals surface area contributed by atoms with Crippen LogP contribution in [-0.2, 0) is 4.79 Å². The van der Waals surface area contributed by atoms with Crippen LogP contribution in [0.1, 0.15) is 32.1 Å². The van der Waals surface area contributed by atoms with Crippen LogP contribution in [0.2, 0.25) is 0 Å². The summed E-state index contributed by atoms with van der Waals surface area (Å²) in [6, 6.07) is 10.0. The summed E-state index contributed by atoms with van der Waals surface area (Å²) in [4.78, 5) is 12.2. The van der Waals surface area contributed by atoms with Crippen molar-refractivity contribution in [2.45, 2.75) is 43.2 Å². The Morgan fingerprint density at radius 3 is 2.67 bits per heavy atom. The van der Waals surface area contributed by atoms with Crippen LogP contribution in [0.25, 0.3) is 17.0 Å². The highest BCUT2D eigenvalue weighted by Gasteiger charge is 2.16. The fourth-order valence-corrected chi connectivity index (χ4v) is 3.95. The Morgan fingerprint density at radius 1 is 1.11 bits per heavy atom. The molecule has 140 valence electrons. The van der Waals surface area contributed by atoms with Crippen molar-refractivity contribution in [3.05, 3.63) is 42.2 Å².